The van der Waals surface area contributed by atoms with Crippen molar-refractivity contribution in [2.24, 2.45) is 0 Å². The predicted molar refractivity (Wildman–Crippen MR) is 83.4 cm³/mol. The van der Waals surface area contributed by atoms with Crippen LogP contribution in [-0.4, -0.2) is 69.8 Å². The molecule has 138 valence electrons. The predicted octanol–water partition coefficient (Wildman–Crippen LogP) is -0.879. The average molecular weight is 357 g/mol. The maximum atomic E-state index is 10.4. The molecule has 0 aromatic heterocycles. The second-order valence-electron chi connectivity index (χ2n) is 5.33. The molecule has 1 aromatic carbocycles. The quantitative estimate of drug-likeness (QED) is 0.376. The van der Waals surface area contributed by atoms with E-state index >= 15 is 0 Å². The first-order chi connectivity index (χ1) is 11.9. The molecule has 0 spiro atoms. The Kier molecular flexibility index (Phi) is 6.28. The first kappa shape index (κ1) is 19.1. The molecule has 1 heterocycles. The zero-order chi connectivity index (χ0) is 18.6. The molecule has 0 amide bonds. The Labute approximate surface area is 142 Å². The van der Waals surface area contributed by atoms with Gasteiger partial charge in [-0.05, 0) is 17.7 Å². The number of ether oxygens (including phenoxy) is 3. The van der Waals surface area contributed by atoms with Crippen LogP contribution < -0.4 is 9.47 Å². The van der Waals surface area contributed by atoms with Crippen LogP contribution >= 0.6 is 0 Å². The minimum atomic E-state index is -1.57. The van der Waals surface area contributed by atoms with Gasteiger partial charge in [0.2, 0.25) is 12.5 Å². The number of nitro groups is 1. The van der Waals surface area contributed by atoms with Gasteiger partial charge in [0.15, 0.2) is 11.5 Å². The van der Waals surface area contributed by atoms with Gasteiger partial charge >= 0.3 is 0 Å². The van der Waals surface area contributed by atoms with Gasteiger partial charge in [0.05, 0.1) is 18.6 Å². The molecule has 5 atom stereocenters. The van der Waals surface area contributed by atoms with Crippen LogP contribution in [-0.2, 0) is 4.74 Å². The van der Waals surface area contributed by atoms with E-state index in [-0.39, 0.29) is 11.5 Å². The van der Waals surface area contributed by atoms with Gasteiger partial charge in [0.25, 0.3) is 0 Å². The van der Waals surface area contributed by atoms with Crippen molar-refractivity contribution < 1.29 is 39.6 Å². The van der Waals surface area contributed by atoms with Crippen molar-refractivity contribution in [3.8, 4) is 11.5 Å². The monoisotopic (exact) mass is 357 g/mol. The summed E-state index contributed by atoms with van der Waals surface area (Å²) in [6.45, 7) is -0.577. The van der Waals surface area contributed by atoms with E-state index in [2.05, 4.69) is 0 Å². The van der Waals surface area contributed by atoms with Crippen molar-refractivity contribution in [2.45, 2.75) is 30.7 Å². The van der Waals surface area contributed by atoms with Crippen LogP contribution in [0.1, 0.15) is 5.56 Å². The first-order valence-electron chi connectivity index (χ1n) is 7.34. The van der Waals surface area contributed by atoms with Crippen LogP contribution in [0.5, 0.6) is 11.5 Å². The second kappa shape index (κ2) is 8.23. The van der Waals surface area contributed by atoms with E-state index in [1.807, 2.05) is 0 Å². The number of rotatable bonds is 6. The molecule has 1 aliphatic heterocycles. The molecule has 0 radical (unpaired) electrons. The van der Waals surface area contributed by atoms with Crippen LogP contribution in [0.4, 0.5) is 0 Å². The lowest BCUT2D eigenvalue weighted by Crippen LogP contribution is -2.60. The van der Waals surface area contributed by atoms with Gasteiger partial charge < -0.3 is 34.6 Å². The average Bonchev–Trinajstić information content (AvgIpc) is 2.60. The molecule has 1 fully saturated rings. The van der Waals surface area contributed by atoms with Crippen LogP contribution in [0.15, 0.2) is 24.4 Å². The summed E-state index contributed by atoms with van der Waals surface area (Å²) >= 11 is 0. The van der Waals surface area contributed by atoms with Gasteiger partial charge in [-0.3, -0.25) is 10.1 Å². The number of aliphatic hydroxyl groups excluding tert-OH is 4. The molecule has 2 rings (SSSR count). The topological polar surface area (TPSA) is 152 Å². The lowest BCUT2D eigenvalue weighted by atomic mass is 9.99. The summed E-state index contributed by atoms with van der Waals surface area (Å²) in [5.41, 5.74) is 0.481. The Morgan fingerprint density at radius 2 is 1.96 bits per heavy atom. The molecule has 0 aliphatic carbocycles. The molecule has 0 bridgehead atoms. The third kappa shape index (κ3) is 4.44. The van der Waals surface area contributed by atoms with Crippen molar-refractivity contribution in [2.75, 3.05) is 13.7 Å². The van der Waals surface area contributed by atoms with Gasteiger partial charge in [-0.1, -0.05) is 6.07 Å². The molecular weight excluding hydrogens is 338 g/mol. The minimum Gasteiger partial charge on any atom is -0.493 e. The van der Waals surface area contributed by atoms with Crippen molar-refractivity contribution >= 4 is 6.08 Å². The molecule has 1 aliphatic rings. The highest BCUT2D eigenvalue weighted by molar-refractivity contribution is 5.55. The summed E-state index contributed by atoms with van der Waals surface area (Å²) in [5, 5.41) is 49.0. The molecule has 0 unspecified atom stereocenters. The van der Waals surface area contributed by atoms with Gasteiger partial charge in [-0.25, -0.2) is 0 Å². The van der Waals surface area contributed by atoms with Crippen molar-refractivity contribution in [3.05, 3.63) is 40.1 Å². The largest absolute Gasteiger partial charge is 0.493 e. The normalized spacial score (nSPS) is 29.6. The van der Waals surface area contributed by atoms with Crippen LogP contribution in [0, 0.1) is 10.1 Å². The number of benzene rings is 1. The third-order valence-electron chi connectivity index (χ3n) is 3.67. The van der Waals surface area contributed by atoms with E-state index < -0.39 is 42.2 Å². The Hall–Kier alpha value is -2.24. The van der Waals surface area contributed by atoms with Gasteiger partial charge in [0.1, 0.15) is 24.4 Å². The van der Waals surface area contributed by atoms with Crippen LogP contribution in [0.2, 0.25) is 0 Å². The van der Waals surface area contributed by atoms with E-state index in [1.165, 1.54) is 31.4 Å². The van der Waals surface area contributed by atoms with Crippen molar-refractivity contribution in [3.63, 3.8) is 0 Å². The number of hydrogen-bond donors (Lipinski definition) is 4. The minimum absolute atomic E-state index is 0.144. The lowest BCUT2D eigenvalue weighted by Gasteiger charge is -2.39. The highest BCUT2D eigenvalue weighted by Crippen LogP contribution is 2.32. The molecule has 0 saturated carbocycles. The Morgan fingerprint density at radius 1 is 1.24 bits per heavy atom. The standard InChI is InChI=1S/C15H19NO9/c1-23-10-6-8(4-5-16(21)22)2-3-9(10)24-15-14(20)13(19)12(18)11(7-17)25-15/h2-6,11-15,17-20H,7H2,1H3/b5-4+/t11-,12+,13+,14-,15-/m1/s1. The third-order valence-corrected chi connectivity index (χ3v) is 3.67. The van der Waals surface area contributed by atoms with E-state index in [1.54, 1.807) is 0 Å². The van der Waals surface area contributed by atoms with Gasteiger partial charge in [-0.15, -0.1) is 0 Å². The maximum absolute atomic E-state index is 10.4. The number of nitrogens with zero attached hydrogens (tertiary/aromatic N) is 1. The summed E-state index contributed by atoms with van der Waals surface area (Å²) in [4.78, 5) is 9.76. The highest BCUT2D eigenvalue weighted by Gasteiger charge is 2.44. The SMILES string of the molecule is COc1cc(/C=C/[N+](=O)[O-])ccc1O[C@@H]1O[C@H](CO)[C@H](O)[C@H](O)[C@H]1O. The van der Waals surface area contributed by atoms with Crippen molar-refractivity contribution in [1.82, 2.24) is 0 Å². The summed E-state index contributed by atoms with van der Waals surface area (Å²) in [5.74, 6) is 0.354. The summed E-state index contributed by atoms with van der Waals surface area (Å²) in [6, 6.07) is 4.43. The Morgan fingerprint density at radius 3 is 2.56 bits per heavy atom. The Balaban J connectivity index is 2.19. The smallest absolute Gasteiger partial charge is 0.235 e. The number of hydrogen-bond acceptors (Lipinski definition) is 9. The molecule has 4 N–H and O–H groups in total. The van der Waals surface area contributed by atoms with E-state index in [0.717, 1.165) is 6.20 Å². The summed E-state index contributed by atoms with van der Waals surface area (Å²) in [7, 11) is 1.36. The van der Waals surface area contributed by atoms with Gasteiger partial charge in [0, 0.05) is 6.08 Å². The highest BCUT2D eigenvalue weighted by atomic mass is 16.7. The van der Waals surface area contributed by atoms with Gasteiger partial charge in [-0.2, -0.15) is 0 Å². The fourth-order valence-electron chi connectivity index (χ4n) is 2.32. The van der Waals surface area contributed by atoms with Crippen LogP contribution in [0.3, 0.4) is 0 Å². The first-order valence-corrected chi connectivity index (χ1v) is 7.34. The molecular formula is C15H19NO9. The van der Waals surface area contributed by atoms with E-state index in [4.69, 9.17) is 19.3 Å². The molecule has 1 aromatic rings. The van der Waals surface area contributed by atoms with Crippen LogP contribution in [0.25, 0.3) is 6.08 Å². The number of methoxy groups -OCH3 is 1. The Bertz CT molecular complexity index is 633. The molecule has 10 heteroatoms. The second-order valence-corrected chi connectivity index (χ2v) is 5.33. The molecule has 10 nitrogen and oxygen atoms in total. The fraction of sp³-hybridized carbons (Fsp3) is 0.467. The summed E-state index contributed by atoms with van der Waals surface area (Å²) < 4.78 is 15.9. The molecule has 25 heavy (non-hydrogen) atoms. The van der Waals surface area contributed by atoms with E-state index in [9.17, 15) is 25.4 Å². The molecule has 1 saturated heterocycles. The number of aliphatic hydroxyl groups is 4. The van der Waals surface area contributed by atoms with E-state index in [0.29, 0.717) is 5.56 Å². The zero-order valence-corrected chi connectivity index (χ0v) is 13.3. The summed E-state index contributed by atoms with van der Waals surface area (Å²) in [6.07, 6.45) is -5.04. The lowest BCUT2D eigenvalue weighted by molar-refractivity contribution is -0.400. The maximum Gasteiger partial charge on any atom is 0.235 e. The van der Waals surface area contributed by atoms with Crippen molar-refractivity contribution in [1.29, 1.82) is 0 Å². The zero-order valence-electron chi connectivity index (χ0n) is 13.3. The fourth-order valence-corrected chi connectivity index (χ4v) is 2.32.